The summed E-state index contributed by atoms with van der Waals surface area (Å²) in [6.45, 7) is 0. The summed E-state index contributed by atoms with van der Waals surface area (Å²) >= 11 is 0. The van der Waals surface area contributed by atoms with Crippen LogP contribution in [0.5, 0.6) is 0 Å². The highest BCUT2D eigenvalue weighted by molar-refractivity contribution is 5.93. The molecule has 15 heavy (non-hydrogen) atoms. The third kappa shape index (κ3) is 1.69. The molecule has 6 heteroatoms. The molecule has 0 fully saturated rings. The van der Waals surface area contributed by atoms with Gasteiger partial charge < -0.3 is 5.11 Å². The molecule has 0 saturated heterocycles. The van der Waals surface area contributed by atoms with E-state index < -0.39 is 11.8 Å². The summed E-state index contributed by atoms with van der Waals surface area (Å²) < 4.78 is 12.6. The second-order valence-electron chi connectivity index (χ2n) is 2.83. The number of aromatic carboxylic acids is 1. The van der Waals surface area contributed by atoms with Crippen molar-refractivity contribution in [2.75, 3.05) is 0 Å². The normalized spacial score (nSPS) is 10.2. The largest absolute Gasteiger partial charge is 0.478 e. The molecule has 0 amide bonds. The van der Waals surface area contributed by atoms with E-state index in [2.05, 4.69) is 15.2 Å². The molecule has 0 unspecified atom stereocenters. The number of carboxylic acids is 1. The maximum absolute atomic E-state index is 12.6. The smallest absolute Gasteiger partial charge is 0.339 e. The van der Waals surface area contributed by atoms with Crippen LogP contribution in [0.15, 0.2) is 24.5 Å². The Morgan fingerprint density at radius 3 is 2.80 bits per heavy atom. The average Bonchev–Trinajstić information content (AvgIpc) is 2.67. The lowest BCUT2D eigenvalue weighted by Crippen LogP contribution is -1.97. The monoisotopic (exact) mass is 207 g/mol. The number of aromatic nitrogens is 3. The van der Waals surface area contributed by atoms with Gasteiger partial charge in [0, 0.05) is 0 Å². The zero-order valence-corrected chi connectivity index (χ0v) is 7.44. The number of pyridine rings is 1. The van der Waals surface area contributed by atoms with Crippen LogP contribution < -0.4 is 0 Å². The summed E-state index contributed by atoms with van der Waals surface area (Å²) in [6.07, 6.45) is 2.20. The first-order valence-corrected chi connectivity index (χ1v) is 4.07. The van der Waals surface area contributed by atoms with E-state index >= 15 is 0 Å². The Labute approximate surface area is 83.6 Å². The molecule has 0 atom stereocenters. The lowest BCUT2D eigenvalue weighted by Gasteiger charge is -1.97. The fraction of sp³-hybridized carbons (Fsp3) is 0. The minimum atomic E-state index is -1.11. The predicted octanol–water partition coefficient (Wildman–Crippen LogP) is 1.31. The van der Waals surface area contributed by atoms with E-state index in [4.69, 9.17) is 5.11 Å². The number of nitrogens with zero attached hydrogens (tertiary/aromatic N) is 2. The van der Waals surface area contributed by atoms with E-state index in [0.29, 0.717) is 5.69 Å². The zero-order chi connectivity index (χ0) is 10.8. The van der Waals surface area contributed by atoms with Gasteiger partial charge in [-0.3, -0.25) is 10.1 Å². The molecular formula is C9H6FN3O2. The van der Waals surface area contributed by atoms with Gasteiger partial charge in [0.15, 0.2) is 0 Å². The van der Waals surface area contributed by atoms with Crippen molar-refractivity contribution < 1.29 is 14.3 Å². The Morgan fingerprint density at radius 1 is 1.40 bits per heavy atom. The highest BCUT2D eigenvalue weighted by Crippen LogP contribution is 2.18. The standard InChI is InChI=1S/C9H6FN3O2/c10-5-1-2-7(11-3-5)8-6(9(14)15)4-12-13-8/h1-4H,(H,12,13)(H,14,15). The third-order valence-corrected chi connectivity index (χ3v) is 1.85. The number of carbonyl (C=O) groups is 1. The van der Waals surface area contributed by atoms with Gasteiger partial charge in [-0.1, -0.05) is 0 Å². The SMILES string of the molecule is O=C(O)c1cn[nH]c1-c1ccc(F)cn1. The maximum atomic E-state index is 12.6. The Balaban J connectivity index is 2.49. The van der Waals surface area contributed by atoms with Gasteiger partial charge >= 0.3 is 5.97 Å². The summed E-state index contributed by atoms with van der Waals surface area (Å²) in [5.41, 5.74) is 0.614. The number of rotatable bonds is 2. The fourth-order valence-electron chi connectivity index (χ4n) is 1.17. The number of halogens is 1. The van der Waals surface area contributed by atoms with Crippen LogP contribution in [-0.4, -0.2) is 26.3 Å². The van der Waals surface area contributed by atoms with Crippen molar-refractivity contribution in [3.05, 3.63) is 35.9 Å². The van der Waals surface area contributed by atoms with Crippen molar-refractivity contribution >= 4 is 5.97 Å². The van der Waals surface area contributed by atoms with Crippen LogP contribution in [0.2, 0.25) is 0 Å². The maximum Gasteiger partial charge on any atom is 0.339 e. The van der Waals surface area contributed by atoms with Gasteiger partial charge in [-0.2, -0.15) is 5.10 Å². The molecule has 5 nitrogen and oxygen atoms in total. The summed E-state index contributed by atoms with van der Waals surface area (Å²) in [6, 6.07) is 2.59. The lowest BCUT2D eigenvalue weighted by molar-refractivity contribution is 0.0698. The summed E-state index contributed by atoms with van der Waals surface area (Å²) in [5, 5.41) is 14.9. The average molecular weight is 207 g/mol. The Bertz CT molecular complexity index is 492. The van der Waals surface area contributed by atoms with Crippen molar-refractivity contribution in [1.29, 1.82) is 0 Å². The summed E-state index contributed by atoms with van der Waals surface area (Å²) in [7, 11) is 0. The highest BCUT2D eigenvalue weighted by atomic mass is 19.1. The van der Waals surface area contributed by atoms with Gasteiger partial charge in [0.2, 0.25) is 0 Å². The molecule has 2 heterocycles. The molecule has 0 saturated carbocycles. The minimum absolute atomic E-state index is 0.00843. The van der Waals surface area contributed by atoms with Gasteiger partial charge in [-0.15, -0.1) is 0 Å². The predicted molar refractivity (Wildman–Crippen MR) is 48.7 cm³/mol. The second kappa shape index (κ2) is 3.49. The van der Waals surface area contributed by atoms with Crippen molar-refractivity contribution in [1.82, 2.24) is 15.2 Å². The third-order valence-electron chi connectivity index (χ3n) is 1.85. The molecule has 0 aromatic carbocycles. The zero-order valence-electron chi connectivity index (χ0n) is 7.44. The number of hydrogen-bond acceptors (Lipinski definition) is 3. The van der Waals surface area contributed by atoms with E-state index in [1.807, 2.05) is 0 Å². The number of aromatic amines is 1. The number of hydrogen-bond donors (Lipinski definition) is 2. The molecule has 2 aromatic rings. The molecule has 0 aliphatic carbocycles. The van der Waals surface area contributed by atoms with E-state index in [1.54, 1.807) is 0 Å². The van der Waals surface area contributed by atoms with Crippen LogP contribution >= 0.6 is 0 Å². The van der Waals surface area contributed by atoms with Crippen molar-refractivity contribution in [2.24, 2.45) is 0 Å². The van der Waals surface area contributed by atoms with E-state index in [1.165, 1.54) is 18.3 Å². The van der Waals surface area contributed by atoms with Gasteiger partial charge in [0.25, 0.3) is 0 Å². The number of H-pyrrole nitrogens is 1. The molecule has 2 N–H and O–H groups in total. The first-order chi connectivity index (χ1) is 7.18. The molecule has 76 valence electrons. The van der Waals surface area contributed by atoms with Crippen LogP contribution in [0.25, 0.3) is 11.4 Å². The van der Waals surface area contributed by atoms with Gasteiger partial charge in [-0.05, 0) is 12.1 Å². The number of carboxylic acid groups (broad SMARTS) is 1. The topological polar surface area (TPSA) is 78.9 Å². The molecule has 0 radical (unpaired) electrons. The van der Waals surface area contributed by atoms with E-state index in [0.717, 1.165) is 6.20 Å². The van der Waals surface area contributed by atoms with Crippen LogP contribution in [0, 0.1) is 5.82 Å². The summed E-state index contributed by atoms with van der Waals surface area (Å²) in [4.78, 5) is 14.5. The first-order valence-electron chi connectivity index (χ1n) is 4.07. The van der Waals surface area contributed by atoms with E-state index in [-0.39, 0.29) is 11.3 Å². The van der Waals surface area contributed by atoms with Crippen molar-refractivity contribution in [3.8, 4) is 11.4 Å². The quantitative estimate of drug-likeness (QED) is 0.778. The van der Waals surface area contributed by atoms with Crippen molar-refractivity contribution in [3.63, 3.8) is 0 Å². The minimum Gasteiger partial charge on any atom is -0.478 e. The summed E-state index contributed by atoms with van der Waals surface area (Å²) in [5.74, 6) is -1.58. The van der Waals surface area contributed by atoms with Gasteiger partial charge in [-0.25, -0.2) is 9.18 Å². The molecule has 0 bridgehead atoms. The highest BCUT2D eigenvalue weighted by Gasteiger charge is 2.14. The molecule has 2 aromatic heterocycles. The van der Waals surface area contributed by atoms with Gasteiger partial charge in [0.05, 0.1) is 23.8 Å². The molecule has 2 rings (SSSR count). The lowest BCUT2D eigenvalue weighted by atomic mass is 10.2. The molecular weight excluding hydrogens is 201 g/mol. The number of nitrogens with one attached hydrogen (secondary N) is 1. The second-order valence-corrected chi connectivity index (χ2v) is 2.83. The van der Waals surface area contributed by atoms with Crippen LogP contribution in [-0.2, 0) is 0 Å². The van der Waals surface area contributed by atoms with Crippen LogP contribution in [0.3, 0.4) is 0 Å². The molecule has 0 aliphatic heterocycles. The van der Waals surface area contributed by atoms with E-state index in [9.17, 15) is 9.18 Å². The van der Waals surface area contributed by atoms with Crippen LogP contribution in [0.1, 0.15) is 10.4 Å². The first kappa shape index (κ1) is 9.32. The Morgan fingerprint density at radius 2 is 2.20 bits per heavy atom. The fourth-order valence-corrected chi connectivity index (χ4v) is 1.17. The molecule has 0 aliphatic rings. The Kier molecular flexibility index (Phi) is 2.17. The van der Waals surface area contributed by atoms with Gasteiger partial charge in [0.1, 0.15) is 11.4 Å². The van der Waals surface area contributed by atoms with Crippen molar-refractivity contribution in [2.45, 2.75) is 0 Å². The Hall–Kier alpha value is -2.24. The molecule has 0 spiro atoms. The van der Waals surface area contributed by atoms with Crippen LogP contribution in [0.4, 0.5) is 4.39 Å².